The molecule has 5 nitrogen and oxygen atoms in total. The number of hydrogen-bond donors (Lipinski definition) is 2. The van der Waals surface area contributed by atoms with Gasteiger partial charge in [0.1, 0.15) is 5.69 Å². The Morgan fingerprint density at radius 1 is 1.55 bits per heavy atom. The molecule has 2 rings (SSSR count). The first kappa shape index (κ1) is 15.1. The summed E-state index contributed by atoms with van der Waals surface area (Å²) in [6, 6.07) is 4.22. The van der Waals surface area contributed by atoms with Crippen molar-refractivity contribution < 1.29 is 9.90 Å². The fraction of sp³-hybridized carbons (Fsp3) is 0.667. The lowest BCUT2D eigenvalue weighted by atomic mass is 9.93. The van der Waals surface area contributed by atoms with E-state index in [1.54, 1.807) is 6.92 Å². The molecule has 1 aromatic heterocycles. The molecule has 0 spiro atoms. The van der Waals surface area contributed by atoms with E-state index in [2.05, 4.69) is 9.88 Å². The summed E-state index contributed by atoms with van der Waals surface area (Å²) >= 11 is 0. The summed E-state index contributed by atoms with van der Waals surface area (Å²) in [4.78, 5) is 14.2. The van der Waals surface area contributed by atoms with E-state index in [0.717, 1.165) is 12.8 Å². The molecule has 112 valence electrons. The number of carbonyl (C=O) groups is 1. The molecule has 5 heteroatoms. The quantitative estimate of drug-likeness (QED) is 0.824. The van der Waals surface area contributed by atoms with Crippen molar-refractivity contribution in [2.24, 2.45) is 0 Å². The van der Waals surface area contributed by atoms with Crippen LogP contribution in [0.15, 0.2) is 18.3 Å². The van der Waals surface area contributed by atoms with Crippen LogP contribution in [0.4, 0.5) is 0 Å². The van der Waals surface area contributed by atoms with Gasteiger partial charge >= 0.3 is 0 Å². The van der Waals surface area contributed by atoms with Crippen molar-refractivity contribution >= 4 is 5.91 Å². The lowest BCUT2D eigenvalue weighted by molar-refractivity contribution is 0.0324. The van der Waals surface area contributed by atoms with Gasteiger partial charge < -0.3 is 19.9 Å². The predicted octanol–water partition coefficient (Wildman–Crippen LogP) is 1.26. The maximum absolute atomic E-state index is 12.2. The Hall–Kier alpha value is -1.33. The van der Waals surface area contributed by atoms with Crippen LogP contribution >= 0.6 is 0 Å². The van der Waals surface area contributed by atoms with E-state index in [4.69, 9.17) is 0 Å². The minimum atomic E-state index is -0.924. The lowest BCUT2D eigenvalue weighted by Crippen LogP contribution is -2.47. The van der Waals surface area contributed by atoms with Gasteiger partial charge in [-0.1, -0.05) is 0 Å². The Kier molecular flexibility index (Phi) is 4.50. The first-order chi connectivity index (χ1) is 9.39. The zero-order valence-electron chi connectivity index (χ0n) is 12.6. The molecule has 1 unspecified atom stereocenters. The van der Waals surface area contributed by atoms with Gasteiger partial charge in [0.15, 0.2) is 0 Å². The number of likely N-dealkylation sites (N-methyl/N-ethyl adjacent to an activating group) is 1. The zero-order chi connectivity index (χ0) is 14.8. The van der Waals surface area contributed by atoms with Gasteiger partial charge in [-0.25, -0.2) is 0 Å². The summed E-state index contributed by atoms with van der Waals surface area (Å²) in [5.74, 6) is -0.110. The SMILES string of the molecule is CN(C)CC(C)(O)CNC(=O)c1cccn1C1CCC1. The Balaban J connectivity index is 1.93. The maximum atomic E-state index is 12.2. The Bertz CT molecular complexity index is 461. The van der Waals surface area contributed by atoms with Crippen molar-refractivity contribution in [2.45, 2.75) is 37.8 Å². The molecule has 0 aromatic carbocycles. The number of rotatable bonds is 6. The van der Waals surface area contributed by atoms with E-state index in [0.29, 0.717) is 18.3 Å². The molecule has 0 radical (unpaired) electrons. The number of aromatic nitrogens is 1. The fourth-order valence-corrected chi connectivity index (χ4v) is 2.67. The summed E-state index contributed by atoms with van der Waals surface area (Å²) in [6.07, 6.45) is 5.50. The maximum Gasteiger partial charge on any atom is 0.268 e. The summed E-state index contributed by atoms with van der Waals surface area (Å²) in [5.41, 5.74) is -0.233. The number of aliphatic hydroxyl groups is 1. The summed E-state index contributed by atoms with van der Waals surface area (Å²) in [5, 5.41) is 13.0. The molecule has 1 aliphatic rings. The van der Waals surface area contributed by atoms with Crippen LogP contribution in [0, 0.1) is 0 Å². The van der Waals surface area contributed by atoms with E-state index >= 15 is 0 Å². The van der Waals surface area contributed by atoms with Crippen LogP contribution < -0.4 is 5.32 Å². The number of carbonyl (C=O) groups excluding carboxylic acids is 1. The van der Waals surface area contributed by atoms with Crippen molar-refractivity contribution in [3.05, 3.63) is 24.0 Å². The topological polar surface area (TPSA) is 57.5 Å². The first-order valence-corrected chi connectivity index (χ1v) is 7.21. The van der Waals surface area contributed by atoms with Crippen molar-refractivity contribution in [1.29, 1.82) is 0 Å². The monoisotopic (exact) mass is 279 g/mol. The van der Waals surface area contributed by atoms with Crippen LogP contribution in [0.1, 0.15) is 42.7 Å². The Labute approximate surface area is 120 Å². The minimum absolute atomic E-state index is 0.110. The molecule has 1 aliphatic carbocycles. The van der Waals surface area contributed by atoms with Gasteiger partial charge in [-0.3, -0.25) is 4.79 Å². The molecule has 1 fully saturated rings. The molecule has 1 amide bonds. The van der Waals surface area contributed by atoms with Crippen LogP contribution in [-0.2, 0) is 0 Å². The van der Waals surface area contributed by atoms with Crippen LogP contribution in [0.3, 0.4) is 0 Å². The number of nitrogens with one attached hydrogen (secondary N) is 1. The third-order valence-corrected chi connectivity index (χ3v) is 3.77. The van der Waals surface area contributed by atoms with Gasteiger partial charge in [-0.2, -0.15) is 0 Å². The summed E-state index contributed by atoms with van der Waals surface area (Å²) in [7, 11) is 3.80. The van der Waals surface area contributed by atoms with Crippen LogP contribution in [0.5, 0.6) is 0 Å². The average Bonchev–Trinajstić information content (AvgIpc) is 2.71. The summed E-state index contributed by atoms with van der Waals surface area (Å²) < 4.78 is 2.06. The number of nitrogens with zero attached hydrogens (tertiary/aromatic N) is 2. The largest absolute Gasteiger partial charge is 0.387 e. The van der Waals surface area contributed by atoms with Crippen molar-refractivity contribution in [3.8, 4) is 0 Å². The molecule has 1 atom stereocenters. The van der Waals surface area contributed by atoms with E-state index in [1.807, 2.05) is 37.3 Å². The standard InChI is InChI=1S/C15H25N3O2/c1-15(20,11-17(2)3)10-16-14(19)13-8-5-9-18(13)12-6-4-7-12/h5,8-9,12,20H,4,6-7,10-11H2,1-3H3,(H,16,19). The summed E-state index contributed by atoms with van der Waals surface area (Å²) in [6.45, 7) is 2.50. The molecule has 1 saturated carbocycles. The highest BCUT2D eigenvalue weighted by atomic mass is 16.3. The van der Waals surface area contributed by atoms with Crippen molar-refractivity contribution in [2.75, 3.05) is 27.2 Å². The van der Waals surface area contributed by atoms with Gasteiger partial charge in [0.05, 0.1) is 5.60 Å². The molecule has 1 aromatic rings. The van der Waals surface area contributed by atoms with Gasteiger partial charge in [0.2, 0.25) is 0 Å². The molecule has 0 bridgehead atoms. The first-order valence-electron chi connectivity index (χ1n) is 7.21. The third-order valence-electron chi connectivity index (χ3n) is 3.77. The van der Waals surface area contributed by atoms with E-state index in [9.17, 15) is 9.90 Å². The highest BCUT2D eigenvalue weighted by Gasteiger charge is 2.25. The molecule has 0 saturated heterocycles. The van der Waals surface area contributed by atoms with Gasteiger partial charge in [0, 0.05) is 25.3 Å². The van der Waals surface area contributed by atoms with Crippen LogP contribution in [0.25, 0.3) is 0 Å². The Morgan fingerprint density at radius 3 is 2.80 bits per heavy atom. The van der Waals surface area contributed by atoms with Crippen LogP contribution in [-0.4, -0.2) is 53.3 Å². The molecule has 0 aliphatic heterocycles. The highest BCUT2D eigenvalue weighted by Crippen LogP contribution is 2.32. The van der Waals surface area contributed by atoms with Gasteiger partial charge in [0.25, 0.3) is 5.91 Å². The molecule has 1 heterocycles. The Morgan fingerprint density at radius 2 is 2.25 bits per heavy atom. The average molecular weight is 279 g/mol. The second-order valence-electron chi connectivity index (χ2n) is 6.30. The van der Waals surface area contributed by atoms with Crippen molar-refractivity contribution in [1.82, 2.24) is 14.8 Å². The molecular weight excluding hydrogens is 254 g/mol. The number of hydrogen-bond acceptors (Lipinski definition) is 3. The highest BCUT2D eigenvalue weighted by molar-refractivity contribution is 5.92. The molecule has 20 heavy (non-hydrogen) atoms. The minimum Gasteiger partial charge on any atom is -0.387 e. The van der Waals surface area contributed by atoms with Crippen molar-refractivity contribution in [3.63, 3.8) is 0 Å². The molecule has 2 N–H and O–H groups in total. The molecular formula is C15H25N3O2. The van der Waals surface area contributed by atoms with E-state index in [-0.39, 0.29) is 12.5 Å². The van der Waals surface area contributed by atoms with Crippen LogP contribution in [0.2, 0.25) is 0 Å². The normalized spacial score (nSPS) is 18.6. The second-order valence-corrected chi connectivity index (χ2v) is 6.30. The fourth-order valence-electron chi connectivity index (χ4n) is 2.67. The van der Waals surface area contributed by atoms with E-state index in [1.165, 1.54) is 6.42 Å². The zero-order valence-corrected chi connectivity index (χ0v) is 12.6. The lowest BCUT2D eigenvalue weighted by Gasteiger charge is -2.30. The van der Waals surface area contributed by atoms with Gasteiger partial charge in [-0.15, -0.1) is 0 Å². The van der Waals surface area contributed by atoms with Gasteiger partial charge in [-0.05, 0) is 52.4 Å². The number of amides is 1. The third kappa shape index (κ3) is 3.61. The smallest absolute Gasteiger partial charge is 0.268 e. The van der Waals surface area contributed by atoms with E-state index < -0.39 is 5.60 Å². The second kappa shape index (κ2) is 5.97. The predicted molar refractivity (Wildman–Crippen MR) is 78.8 cm³/mol.